The molecule has 0 aromatic carbocycles. The molecule has 0 aliphatic rings. The molecule has 0 fully saturated rings. The summed E-state index contributed by atoms with van der Waals surface area (Å²) in [6.45, 7) is 4.08. The molecule has 124 valence electrons. The molecule has 0 saturated heterocycles. The summed E-state index contributed by atoms with van der Waals surface area (Å²) in [5.74, 6) is -0.497. The molecule has 21 heavy (non-hydrogen) atoms. The normalized spacial score (nSPS) is 13.8. The van der Waals surface area contributed by atoms with Gasteiger partial charge in [-0.25, -0.2) is 0 Å². The van der Waals surface area contributed by atoms with Crippen molar-refractivity contribution in [2.75, 3.05) is 0 Å². The largest absolute Gasteiger partial charge is 0.369 e. The summed E-state index contributed by atoms with van der Waals surface area (Å²) >= 11 is 0. The van der Waals surface area contributed by atoms with E-state index >= 15 is 0 Å². The monoisotopic (exact) mass is 424 g/mol. The van der Waals surface area contributed by atoms with Gasteiger partial charge in [-0.15, -0.1) is 0 Å². The van der Waals surface area contributed by atoms with Crippen LogP contribution < -0.4 is 11.5 Å². The lowest BCUT2D eigenvalue weighted by atomic mass is 10.2. The Hall–Kier alpha value is 1.39. The summed E-state index contributed by atoms with van der Waals surface area (Å²) in [4.78, 5) is 22.3. The Bertz CT molecular complexity index is 281. The van der Waals surface area contributed by atoms with E-state index in [0.717, 1.165) is 25.7 Å². The van der Waals surface area contributed by atoms with Crippen LogP contribution in [0.15, 0.2) is 0 Å². The number of hydrogen-bond acceptors (Lipinski definition) is 9. The van der Waals surface area contributed by atoms with E-state index in [-0.39, 0.29) is 22.3 Å². The number of nitrogens with two attached hydrogens (primary N) is 2. The van der Waals surface area contributed by atoms with E-state index in [1.807, 2.05) is 13.8 Å². The minimum Gasteiger partial charge on any atom is -0.369 e. The number of amides is 2. The summed E-state index contributed by atoms with van der Waals surface area (Å²) in [6, 6.07) is 0. The fourth-order valence-electron chi connectivity index (χ4n) is 1.16. The van der Waals surface area contributed by atoms with Gasteiger partial charge in [-0.1, -0.05) is 48.3 Å². The van der Waals surface area contributed by atoms with Crippen molar-refractivity contribution in [3.63, 3.8) is 0 Å². The molecule has 2 atom stereocenters. The van der Waals surface area contributed by atoms with Crippen LogP contribution in [0.2, 0.25) is 0 Å². The average molecular weight is 425 g/mol. The molecule has 0 aromatic heterocycles. The van der Waals surface area contributed by atoms with Crippen molar-refractivity contribution in [1.82, 2.24) is 0 Å². The fraction of sp³-hybridized carbons (Fsp3) is 0.800. The first-order valence-electron chi connectivity index (χ1n) is 6.27. The van der Waals surface area contributed by atoms with Crippen molar-refractivity contribution in [3.05, 3.63) is 0 Å². The molecular weight excluding hydrogens is 405 g/mol. The van der Waals surface area contributed by atoms with Crippen LogP contribution in [0.1, 0.15) is 39.5 Å². The number of hydrogen-bond donors (Lipinski definition) is 2. The molecule has 0 saturated carbocycles. The van der Waals surface area contributed by atoms with Crippen molar-refractivity contribution >= 4 is 82.5 Å². The van der Waals surface area contributed by atoms with Crippen LogP contribution in [0.25, 0.3) is 0 Å². The van der Waals surface area contributed by atoms with E-state index in [1.165, 1.54) is 21.6 Å². The summed E-state index contributed by atoms with van der Waals surface area (Å²) in [6.07, 6.45) is 3.53. The van der Waals surface area contributed by atoms with Crippen LogP contribution in [-0.4, -0.2) is 22.3 Å². The Morgan fingerprint density at radius 3 is 1.38 bits per heavy atom. The zero-order valence-electron chi connectivity index (χ0n) is 11.8. The predicted molar refractivity (Wildman–Crippen MR) is 109 cm³/mol. The van der Waals surface area contributed by atoms with Crippen LogP contribution in [-0.2, 0) is 9.59 Å². The Morgan fingerprint density at radius 2 is 1.10 bits per heavy atom. The van der Waals surface area contributed by atoms with E-state index in [0.29, 0.717) is 0 Å². The molecule has 0 aromatic rings. The van der Waals surface area contributed by atoms with Crippen molar-refractivity contribution < 1.29 is 9.59 Å². The van der Waals surface area contributed by atoms with Gasteiger partial charge in [-0.05, 0) is 62.0 Å². The molecule has 0 bridgehead atoms. The molecular formula is C10H20N2O2S7. The average Bonchev–Trinajstić information content (AvgIpc) is 2.43. The Labute approximate surface area is 152 Å². The van der Waals surface area contributed by atoms with Crippen molar-refractivity contribution in [2.45, 2.75) is 50.0 Å². The Kier molecular flexibility index (Phi) is 15.9. The summed E-state index contributed by atoms with van der Waals surface area (Å²) in [7, 11) is 11.0. The SMILES string of the molecule is CCCC(SSSSSSSC(CCC)C(N)=O)C(N)=O. The highest BCUT2D eigenvalue weighted by atomic mass is 33.9. The highest BCUT2D eigenvalue weighted by molar-refractivity contribution is 9.46. The molecule has 0 spiro atoms. The number of carbonyl (C=O) groups is 2. The van der Waals surface area contributed by atoms with E-state index < -0.39 is 0 Å². The van der Waals surface area contributed by atoms with E-state index in [1.54, 1.807) is 49.1 Å². The Morgan fingerprint density at radius 1 is 0.762 bits per heavy atom. The number of primary amides is 2. The topological polar surface area (TPSA) is 86.2 Å². The lowest BCUT2D eigenvalue weighted by molar-refractivity contribution is -0.118. The smallest absolute Gasteiger partial charge is 0.231 e. The molecule has 0 rings (SSSR count). The highest BCUT2D eigenvalue weighted by Crippen LogP contribution is 2.56. The summed E-state index contributed by atoms with van der Waals surface area (Å²) < 4.78 is 0. The van der Waals surface area contributed by atoms with Gasteiger partial charge in [0.1, 0.15) is 0 Å². The summed E-state index contributed by atoms with van der Waals surface area (Å²) in [5.41, 5.74) is 10.7. The van der Waals surface area contributed by atoms with Gasteiger partial charge >= 0.3 is 0 Å². The maximum absolute atomic E-state index is 11.2. The van der Waals surface area contributed by atoms with E-state index in [9.17, 15) is 9.59 Å². The third kappa shape index (κ3) is 12.5. The van der Waals surface area contributed by atoms with Gasteiger partial charge in [0.2, 0.25) is 11.8 Å². The third-order valence-corrected chi connectivity index (χ3v) is 15.9. The van der Waals surface area contributed by atoms with Crippen LogP contribution in [0.3, 0.4) is 0 Å². The highest BCUT2D eigenvalue weighted by Gasteiger charge is 2.16. The van der Waals surface area contributed by atoms with Crippen molar-refractivity contribution in [1.29, 1.82) is 0 Å². The van der Waals surface area contributed by atoms with Gasteiger partial charge < -0.3 is 11.5 Å². The maximum atomic E-state index is 11.2. The van der Waals surface area contributed by atoms with Crippen LogP contribution >= 0.6 is 70.7 Å². The molecule has 0 radical (unpaired) electrons. The molecule has 2 amide bonds. The quantitative estimate of drug-likeness (QED) is 0.298. The maximum Gasteiger partial charge on any atom is 0.231 e. The zero-order valence-corrected chi connectivity index (χ0v) is 17.5. The van der Waals surface area contributed by atoms with Gasteiger partial charge in [0, 0.05) is 0 Å². The first-order chi connectivity index (χ1) is 10.0. The zero-order chi connectivity index (χ0) is 16.1. The third-order valence-electron chi connectivity index (χ3n) is 2.16. The molecule has 4 N–H and O–H groups in total. The summed E-state index contributed by atoms with van der Waals surface area (Å²) in [5, 5.41) is -0.243. The minimum atomic E-state index is -0.249. The second kappa shape index (κ2) is 14.9. The van der Waals surface area contributed by atoms with Crippen LogP contribution in [0.5, 0.6) is 0 Å². The molecule has 11 heteroatoms. The number of carbonyl (C=O) groups excluding carboxylic acids is 2. The second-order valence-electron chi connectivity index (χ2n) is 3.89. The first kappa shape index (κ1) is 22.4. The van der Waals surface area contributed by atoms with Gasteiger partial charge in [-0.2, -0.15) is 0 Å². The van der Waals surface area contributed by atoms with Gasteiger partial charge in [0.25, 0.3) is 0 Å². The van der Waals surface area contributed by atoms with Crippen LogP contribution in [0, 0.1) is 0 Å². The lowest BCUT2D eigenvalue weighted by Gasteiger charge is -2.10. The number of rotatable bonds is 14. The first-order valence-corrected chi connectivity index (χ1v) is 15.2. The molecule has 0 aliphatic heterocycles. The minimum absolute atomic E-state index is 0.121. The lowest BCUT2D eigenvalue weighted by Crippen LogP contribution is -2.24. The second-order valence-corrected chi connectivity index (χ2v) is 15.4. The fourth-order valence-corrected chi connectivity index (χ4v) is 16.4. The Balaban J connectivity index is 3.63. The van der Waals surface area contributed by atoms with Crippen molar-refractivity contribution in [2.24, 2.45) is 11.5 Å². The molecule has 0 heterocycles. The van der Waals surface area contributed by atoms with Gasteiger partial charge in [0.05, 0.1) is 10.5 Å². The van der Waals surface area contributed by atoms with Gasteiger partial charge in [0.15, 0.2) is 0 Å². The van der Waals surface area contributed by atoms with Crippen molar-refractivity contribution in [3.8, 4) is 0 Å². The standard InChI is InChI=1S/C10H20N2O2S7/c1-3-5-7(9(11)13)15-17-19-21-20-18-16-8(6-4-2)10(12)14/h7-8H,3-6H2,1-2H3,(H2,11,13)(H2,12,14). The molecule has 2 unspecified atom stereocenters. The van der Waals surface area contributed by atoms with Crippen LogP contribution in [0.4, 0.5) is 0 Å². The van der Waals surface area contributed by atoms with E-state index in [4.69, 9.17) is 11.5 Å². The van der Waals surface area contributed by atoms with E-state index in [2.05, 4.69) is 0 Å². The van der Waals surface area contributed by atoms with Gasteiger partial charge in [-0.3, -0.25) is 9.59 Å². The molecule has 0 aliphatic carbocycles. The molecule has 4 nitrogen and oxygen atoms in total. The predicted octanol–water partition coefficient (Wildman–Crippen LogP) is 4.92.